The van der Waals surface area contributed by atoms with Crippen LogP contribution in [-0.2, 0) is 26.2 Å². The molecular formula is C32H35FN4O2S. The van der Waals surface area contributed by atoms with Crippen molar-refractivity contribution in [1.82, 2.24) is 20.1 Å². The maximum Gasteiger partial charge on any atom is 0.270 e. The zero-order valence-corrected chi connectivity index (χ0v) is 23.6. The van der Waals surface area contributed by atoms with Crippen molar-refractivity contribution in [3.05, 3.63) is 117 Å². The summed E-state index contributed by atoms with van der Waals surface area (Å²) in [6.45, 7) is 4.78. The molecule has 1 amide bonds. The second-order valence-corrected chi connectivity index (χ2v) is 11.2. The molecule has 0 radical (unpaired) electrons. The molecule has 1 saturated heterocycles. The molecule has 0 unspecified atom stereocenters. The van der Waals surface area contributed by atoms with Gasteiger partial charge in [0.1, 0.15) is 22.3 Å². The zero-order valence-electron chi connectivity index (χ0n) is 22.8. The van der Waals surface area contributed by atoms with Crippen molar-refractivity contribution in [2.24, 2.45) is 0 Å². The van der Waals surface area contributed by atoms with Gasteiger partial charge in [-0.3, -0.25) is 14.6 Å². The minimum absolute atomic E-state index is 0.107. The van der Waals surface area contributed by atoms with Crippen molar-refractivity contribution in [3.63, 3.8) is 0 Å². The number of ether oxygens (including phenoxy) is 1. The van der Waals surface area contributed by atoms with Crippen molar-refractivity contribution in [1.29, 1.82) is 0 Å². The van der Waals surface area contributed by atoms with Gasteiger partial charge in [0.05, 0.1) is 13.7 Å². The number of thiazole rings is 1. The van der Waals surface area contributed by atoms with Gasteiger partial charge in [0, 0.05) is 44.1 Å². The molecule has 4 aromatic rings. The summed E-state index contributed by atoms with van der Waals surface area (Å²) in [6, 6.07) is 25.2. The van der Waals surface area contributed by atoms with Crippen molar-refractivity contribution in [2.45, 2.75) is 45.1 Å². The number of hydrogen-bond acceptors (Lipinski definition) is 6. The second kappa shape index (κ2) is 13.7. The molecule has 0 saturated carbocycles. The van der Waals surface area contributed by atoms with E-state index >= 15 is 0 Å². The highest BCUT2D eigenvalue weighted by Crippen LogP contribution is 2.20. The van der Waals surface area contributed by atoms with Crippen LogP contribution in [0.3, 0.4) is 0 Å². The van der Waals surface area contributed by atoms with Crippen LogP contribution in [0.5, 0.6) is 5.75 Å². The summed E-state index contributed by atoms with van der Waals surface area (Å²) in [4.78, 5) is 22.4. The van der Waals surface area contributed by atoms with E-state index in [9.17, 15) is 9.18 Å². The monoisotopic (exact) mass is 558 g/mol. The van der Waals surface area contributed by atoms with E-state index in [2.05, 4.69) is 44.4 Å². The number of piperidine rings is 1. The van der Waals surface area contributed by atoms with Gasteiger partial charge in [0.25, 0.3) is 5.91 Å². The van der Waals surface area contributed by atoms with Gasteiger partial charge in [-0.1, -0.05) is 54.6 Å². The predicted molar refractivity (Wildman–Crippen MR) is 157 cm³/mol. The molecule has 0 aliphatic carbocycles. The quantitative estimate of drug-likeness (QED) is 0.249. The van der Waals surface area contributed by atoms with E-state index < -0.39 is 0 Å². The Morgan fingerprint density at radius 2 is 1.60 bits per heavy atom. The topological polar surface area (TPSA) is 57.7 Å². The maximum absolute atomic E-state index is 13.5. The smallest absolute Gasteiger partial charge is 0.270 e. The largest absolute Gasteiger partial charge is 0.497 e. The summed E-state index contributed by atoms with van der Waals surface area (Å²) < 4.78 is 18.8. The van der Waals surface area contributed by atoms with Crippen molar-refractivity contribution >= 4 is 17.2 Å². The third-order valence-electron chi connectivity index (χ3n) is 7.20. The maximum atomic E-state index is 13.5. The minimum atomic E-state index is -0.247. The summed E-state index contributed by atoms with van der Waals surface area (Å²) in [5.41, 5.74) is 3.94. The van der Waals surface area contributed by atoms with Crippen LogP contribution < -0.4 is 10.1 Å². The van der Waals surface area contributed by atoms with E-state index in [1.807, 2.05) is 47.8 Å². The highest BCUT2D eigenvalue weighted by atomic mass is 32.1. The summed E-state index contributed by atoms with van der Waals surface area (Å²) in [7, 11) is 1.65. The van der Waals surface area contributed by atoms with E-state index in [1.165, 1.54) is 29.0 Å². The predicted octanol–water partition coefficient (Wildman–Crippen LogP) is 5.89. The number of aromatic nitrogens is 1. The minimum Gasteiger partial charge on any atom is -0.497 e. The van der Waals surface area contributed by atoms with Crippen molar-refractivity contribution < 1.29 is 13.9 Å². The van der Waals surface area contributed by atoms with Crippen LogP contribution in [0, 0.1) is 5.82 Å². The highest BCUT2D eigenvalue weighted by molar-refractivity contribution is 7.09. The number of likely N-dealkylation sites (tertiary alicyclic amines) is 1. The molecule has 208 valence electrons. The molecule has 2 heterocycles. The molecule has 1 aromatic heterocycles. The van der Waals surface area contributed by atoms with E-state index in [0.717, 1.165) is 54.4 Å². The first-order valence-corrected chi connectivity index (χ1v) is 14.5. The fourth-order valence-corrected chi connectivity index (χ4v) is 5.84. The Balaban J connectivity index is 1.17. The number of carbonyl (C=O) groups excluding carboxylic acids is 1. The second-order valence-electron chi connectivity index (χ2n) is 10.3. The van der Waals surface area contributed by atoms with Crippen molar-refractivity contribution in [2.75, 3.05) is 20.2 Å². The van der Waals surface area contributed by atoms with E-state index in [4.69, 9.17) is 4.74 Å². The summed E-state index contributed by atoms with van der Waals surface area (Å²) in [5.74, 6) is 0.457. The molecule has 6 nitrogen and oxygen atoms in total. The van der Waals surface area contributed by atoms with Gasteiger partial charge >= 0.3 is 0 Å². The Morgan fingerprint density at radius 1 is 0.950 bits per heavy atom. The number of amides is 1. The standard InChI is InChI=1S/C32H35FN4O2S/c1-39-29-13-9-26(10-14-29)21-37(20-25-7-11-27(33)12-8-25)22-31-35-30(23-40-31)32(38)34-28-15-17-36(18-16-28)19-24-5-3-2-4-6-24/h2-14,23,28H,15-22H2,1H3,(H,34,38). The zero-order chi connectivity index (χ0) is 27.7. The summed E-state index contributed by atoms with van der Waals surface area (Å²) >= 11 is 1.50. The summed E-state index contributed by atoms with van der Waals surface area (Å²) in [6.07, 6.45) is 1.87. The Morgan fingerprint density at radius 3 is 2.25 bits per heavy atom. The number of carbonyl (C=O) groups is 1. The van der Waals surface area contributed by atoms with Crippen molar-refractivity contribution in [3.8, 4) is 5.75 Å². The Hall–Kier alpha value is -3.59. The third-order valence-corrected chi connectivity index (χ3v) is 8.03. The summed E-state index contributed by atoms with van der Waals surface area (Å²) in [5, 5.41) is 5.92. The van der Waals surface area contributed by atoms with E-state index in [1.54, 1.807) is 7.11 Å². The Labute approximate surface area is 239 Å². The molecule has 0 atom stereocenters. The lowest BCUT2D eigenvalue weighted by molar-refractivity contribution is 0.0904. The number of halogens is 1. The van der Waals surface area contributed by atoms with Crippen LogP contribution in [0.1, 0.15) is 45.0 Å². The first-order valence-electron chi connectivity index (χ1n) is 13.7. The first kappa shape index (κ1) is 28.0. The van der Waals surface area contributed by atoms with Crippen LogP contribution in [0.2, 0.25) is 0 Å². The lowest BCUT2D eigenvalue weighted by Crippen LogP contribution is -2.44. The molecule has 1 N–H and O–H groups in total. The van der Waals surface area contributed by atoms with Crippen LogP contribution in [0.4, 0.5) is 4.39 Å². The lowest BCUT2D eigenvalue weighted by Gasteiger charge is -2.32. The number of nitrogens with zero attached hydrogens (tertiary/aromatic N) is 3. The molecule has 1 aliphatic rings. The molecule has 5 rings (SSSR count). The molecule has 3 aromatic carbocycles. The van der Waals surface area contributed by atoms with Crippen LogP contribution in [0.25, 0.3) is 0 Å². The molecular weight excluding hydrogens is 523 g/mol. The molecule has 0 bridgehead atoms. The van der Waals surface area contributed by atoms with Crippen LogP contribution in [-0.4, -0.2) is 46.9 Å². The number of benzene rings is 3. The molecule has 1 fully saturated rings. The average molecular weight is 559 g/mol. The molecule has 1 aliphatic heterocycles. The Kier molecular flexibility index (Phi) is 9.54. The molecule has 40 heavy (non-hydrogen) atoms. The Bertz CT molecular complexity index is 1350. The normalized spacial score (nSPS) is 14.4. The lowest BCUT2D eigenvalue weighted by atomic mass is 10.0. The number of methoxy groups -OCH3 is 1. The average Bonchev–Trinajstić information content (AvgIpc) is 3.45. The van der Waals surface area contributed by atoms with Gasteiger partial charge in [0.15, 0.2) is 0 Å². The number of hydrogen-bond donors (Lipinski definition) is 1. The fraction of sp³-hybridized carbons (Fsp3) is 0.312. The molecule has 0 spiro atoms. The molecule has 8 heteroatoms. The third kappa shape index (κ3) is 7.97. The van der Waals surface area contributed by atoms with Gasteiger partial charge in [0.2, 0.25) is 0 Å². The van der Waals surface area contributed by atoms with E-state index in [0.29, 0.717) is 25.3 Å². The number of nitrogens with one attached hydrogen (secondary N) is 1. The van der Waals surface area contributed by atoms with Gasteiger partial charge in [-0.25, -0.2) is 9.37 Å². The van der Waals surface area contributed by atoms with Gasteiger partial charge in [-0.05, 0) is 53.8 Å². The van der Waals surface area contributed by atoms with Gasteiger partial charge in [-0.15, -0.1) is 11.3 Å². The van der Waals surface area contributed by atoms with Crippen LogP contribution >= 0.6 is 11.3 Å². The van der Waals surface area contributed by atoms with Crippen LogP contribution in [0.15, 0.2) is 84.2 Å². The first-order chi connectivity index (χ1) is 19.5. The van der Waals surface area contributed by atoms with E-state index in [-0.39, 0.29) is 17.8 Å². The fourth-order valence-electron chi connectivity index (χ4n) is 5.02. The number of rotatable bonds is 11. The highest BCUT2D eigenvalue weighted by Gasteiger charge is 2.22. The SMILES string of the molecule is COc1ccc(CN(Cc2ccc(F)cc2)Cc2nc(C(=O)NC3CCN(Cc4ccccc4)CC3)cs2)cc1. The van der Waals surface area contributed by atoms with Gasteiger partial charge in [-0.2, -0.15) is 0 Å². The van der Waals surface area contributed by atoms with Gasteiger partial charge < -0.3 is 10.1 Å².